The van der Waals surface area contributed by atoms with E-state index in [9.17, 15) is 0 Å². The Bertz CT molecular complexity index is 581. The van der Waals surface area contributed by atoms with E-state index in [1.165, 1.54) is 0 Å². The van der Waals surface area contributed by atoms with Gasteiger partial charge in [0.05, 0.1) is 33.5 Å². The number of aliphatic hydroxyl groups is 1. The molecule has 18 heavy (non-hydrogen) atoms. The van der Waals surface area contributed by atoms with Crippen LogP contribution >= 0.6 is 39.5 Å². The SMILES string of the molecule is OCCOCCNc1cc(=S)c2scc(Br)c2o1. The van der Waals surface area contributed by atoms with E-state index in [0.29, 0.717) is 25.6 Å². The molecule has 2 rings (SSSR count). The highest BCUT2D eigenvalue weighted by atomic mass is 79.9. The van der Waals surface area contributed by atoms with Gasteiger partial charge in [0.15, 0.2) is 11.5 Å². The van der Waals surface area contributed by atoms with E-state index in [2.05, 4.69) is 21.2 Å². The van der Waals surface area contributed by atoms with Crippen molar-refractivity contribution >= 4 is 55.7 Å². The van der Waals surface area contributed by atoms with Gasteiger partial charge in [0.25, 0.3) is 0 Å². The number of aliphatic hydroxyl groups excluding tert-OH is 1. The summed E-state index contributed by atoms with van der Waals surface area (Å²) < 4.78 is 13.5. The molecule has 2 heterocycles. The Labute approximate surface area is 122 Å². The van der Waals surface area contributed by atoms with Gasteiger partial charge in [-0.1, -0.05) is 12.2 Å². The first-order valence-electron chi connectivity index (χ1n) is 5.35. The second kappa shape index (κ2) is 6.63. The van der Waals surface area contributed by atoms with E-state index >= 15 is 0 Å². The molecule has 0 unspecified atom stereocenters. The van der Waals surface area contributed by atoms with Gasteiger partial charge in [-0.3, -0.25) is 0 Å². The minimum absolute atomic E-state index is 0.0362. The summed E-state index contributed by atoms with van der Waals surface area (Å²) in [6, 6.07) is 1.80. The van der Waals surface area contributed by atoms with Crippen LogP contribution in [0.3, 0.4) is 0 Å². The molecule has 0 fully saturated rings. The molecule has 0 amide bonds. The molecule has 0 aliphatic carbocycles. The van der Waals surface area contributed by atoms with Crippen LogP contribution in [-0.4, -0.2) is 31.5 Å². The van der Waals surface area contributed by atoms with Gasteiger partial charge in [-0.25, -0.2) is 0 Å². The smallest absolute Gasteiger partial charge is 0.195 e. The maximum Gasteiger partial charge on any atom is 0.195 e. The van der Waals surface area contributed by atoms with E-state index < -0.39 is 0 Å². The van der Waals surface area contributed by atoms with E-state index in [0.717, 1.165) is 19.3 Å². The number of halogens is 1. The van der Waals surface area contributed by atoms with Crippen molar-refractivity contribution in [3.8, 4) is 0 Å². The zero-order valence-electron chi connectivity index (χ0n) is 9.44. The number of nitrogens with one attached hydrogen (secondary N) is 1. The van der Waals surface area contributed by atoms with E-state index in [4.69, 9.17) is 26.5 Å². The van der Waals surface area contributed by atoms with Gasteiger partial charge >= 0.3 is 0 Å². The molecule has 4 nitrogen and oxygen atoms in total. The van der Waals surface area contributed by atoms with E-state index in [-0.39, 0.29) is 6.61 Å². The standard InChI is InChI=1S/C11H12BrNO3S2/c12-7-6-18-11-8(17)5-9(16-10(7)11)13-1-3-15-4-2-14/h5-6,13-14H,1-4H2. The molecule has 0 aliphatic rings. The average molecular weight is 350 g/mol. The van der Waals surface area contributed by atoms with Crippen molar-refractivity contribution in [2.45, 2.75) is 0 Å². The highest BCUT2D eigenvalue weighted by molar-refractivity contribution is 9.10. The first-order chi connectivity index (χ1) is 8.72. The van der Waals surface area contributed by atoms with E-state index in [1.807, 2.05) is 5.38 Å². The third kappa shape index (κ3) is 3.30. The van der Waals surface area contributed by atoms with Crippen molar-refractivity contribution in [3.63, 3.8) is 0 Å². The van der Waals surface area contributed by atoms with Gasteiger partial charge in [0.1, 0.15) is 0 Å². The van der Waals surface area contributed by atoms with Crippen molar-refractivity contribution in [1.29, 1.82) is 0 Å². The monoisotopic (exact) mass is 349 g/mol. The lowest BCUT2D eigenvalue weighted by Crippen LogP contribution is -2.11. The van der Waals surface area contributed by atoms with Crippen LogP contribution in [0.15, 0.2) is 20.3 Å². The minimum atomic E-state index is 0.0362. The highest BCUT2D eigenvalue weighted by Gasteiger charge is 2.07. The van der Waals surface area contributed by atoms with Crippen LogP contribution in [0.4, 0.5) is 5.88 Å². The molecule has 7 heteroatoms. The molecule has 2 aromatic heterocycles. The summed E-state index contributed by atoms with van der Waals surface area (Å²) in [5.41, 5.74) is 0.770. The number of thiophene rings is 1. The van der Waals surface area contributed by atoms with Crippen LogP contribution in [0.5, 0.6) is 0 Å². The lowest BCUT2D eigenvalue weighted by Gasteiger charge is -2.06. The Morgan fingerprint density at radius 1 is 1.50 bits per heavy atom. The summed E-state index contributed by atoms with van der Waals surface area (Å²) in [5, 5.41) is 13.6. The molecule has 0 bridgehead atoms. The Kier molecular flexibility index (Phi) is 5.13. The Hall–Kier alpha value is -0.470. The lowest BCUT2D eigenvalue weighted by atomic mass is 10.4. The Morgan fingerprint density at radius 2 is 2.33 bits per heavy atom. The van der Waals surface area contributed by atoms with Gasteiger partial charge in [0.2, 0.25) is 0 Å². The van der Waals surface area contributed by atoms with Crippen molar-refractivity contribution in [1.82, 2.24) is 0 Å². The number of rotatable bonds is 6. The van der Waals surface area contributed by atoms with Crippen molar-refractivity contribution in [2.24, 2.45) is 0 Å². The molecule has 0 saturated heterocycles. The van der Waals surface area contributed by atoms with Gasteiger partial charge in [-0.2, -0.15) is 0 Å². The fourth-order valence-corrected chi connectivity index (χ4v) is 3.21. The number of fused-ring (bicyclic) bond motifs is 1. The largest absolute Gasteiger partial charge is 0.439 e. The van der Waals surface area contributed by atoms with Crippen molar-refractivity contribution in [3.05, 3.63) is 20.4 Å². The average Bonchev–Trinajstić information content (AvgIpc) is 2.72. The summed E-state index contributed by atoms with van der Waals surface area (Å²) in [6.07, 6.45) is 0. The normalized spacial score (nSPS) is 11.0. The van der Waals surface area contributed by atoms with Crippen LogP contribution in [0, 0.1) is 4.51 Å². The number of hydrogen-bond donors (Lipinski definition) is 2. The summed E-state index contributed by atoms with van der Waals surface area (Å²) in [7, 11) is 0. The second-order valence-electron chi connectivity index (χ2n) is 3.48. The summed E-state index contributed by atoms with van der Waals surface area (Å²) in [5.74, 6) is 0.624. The van der Waals surface area contributed by atoms with Gasteiger partial charge in [-0.05, 0) is 15.9 Å². The third-order valence-electron chi connectivity index (χ3n) is 2.18. The maximum atomic E-state index is 8.56. The lowest BCUT2D eigenvalue weighted by molar-refractivity contribution is 0.0990. The molecule has 0 spiro atoms. The fourth-order valence-electron chi connectivity index (χ4n) is 1.42. The summed E-state index contributed by atoms with van der Waals surface area (Å²) in [4.78, 5) is 0. The molecular formula is C11H12BrNO3S2. The highest BCUT2D eigenvalue weighted by Crippen LogP contribution is 2.33. The van der Waals surface area contributed by atoms with Gasteiger partial charge in [0, 0.05) is 18.0 Å². The molecule has 0 atom stereocenters. The van der Waals surface area contributed by atoms with Crippen LogP contribution in [0.25, 0.3) is 10.3 Å². The maximum absolute atomic E-state index is 8.56. The molecule has 0 aromatic carbocycles. The topological polar surface area (TPSA) is 54.6 Å². The quantitative estimate of drug-likeness (QED) is 0.618. The Balaban J connectivity index is 2.05. The molecule has 2 N–H and O–H groups in total. The molecule has 0 aliphatic heterocycles. The zero-order chi connectivity index (χ0) is 13.0. The molecule has 0 saturated carbocycles. The first-order valence-corrected chi connectivity index (χ1v) is 7.44. The molecule has 0 radical (unpaired) electrons. The van der Waals surface area contributed by atoms with Crippen LogP contribution < -0.4 is 5.32 Å². The van der Waals surface area contributed by atoms with Crippen LogP contribution in [0.1, 0.15) is 0 Å². The second-order valence-corrected chi connectivity index (χ2v) is 5.65. The van der Waals surface area contributed by atoms with E-state index in [1.54, 1.807) is 17.4 Å². The van der Waals surface area contributed by atoms with Crippen LogP contribution in [0.2, 0.25) is 0 Å². The van der Waals surface area contributed by atoms with Gasteiger partial charge < -0.3 is 19.6 Å². The molecule has 2 aromatic rings. The van der Waals surface area contributed by atoms with Gasteiger partial charge in [-0.15, -0.1) is 11.3 Å². The van der Waals surface area contributed by atoms with Crippen molar-refractivity contribution in [2.75, 3.05) is 31.7 Å². The first kappa shape index (κ1) is 14.0. The number of ether oxygens (including phenoxy) is 1. The van der Waals surface area contributed by atoms with Crippen LogP contribution in [-0.2, 0) is 4.74 Å². The molecule has 98 valence electrons. The summed E-state index contributed by atoms with van der Waals surface area (Å²) >= 11 is 10.3. The number of hydrogen-bond acceptors (Lipinski definition) is 6. The predicted octanol–water partition coefficient (Wildman–Crippen LogP) is 3.41. The predicted molar refractivity (Wildman–Crippen MR) is 79.0 cm³/mol. The molecular weight excluding hydrogens is 338 g/mol. The zero-order valence-corrected chi connectivity index (χ0v) is 12.7. The number of anilines is 1. The third-order valence-corrected chi connectivity index (χ3v) is 4.52. The fraction of sp³-hybridized carbons (Fsp3) is 0.364. The van der Waals surface area contributed by atoms with Crippen molar-refractivity contribution < 1.29 is 14.3 Å². The Morgan fingerprint density at radius 3 is 3.11 bits per heavy atom. The minimum Gasteiger partial charge on any atom is -0.439 e. The summed E-state index contributed by atoms with van der Waals surface area (Å²) in [6.45, 7) is 1.49.